The van der Waals surface area contributed by atoms with Gasteiger partial charge in [0.2, 0.25) is 0 Å². The van der Waals surface area contributed by atoms with Crippen molar-refractivity contribution in [3.05, 3.63) is 24.3 Å². The van der Waals surface area contributed by atoms with Gasteiger partial charge in [-0.25, -0.2) is 0 Å². The first-order valence-electron chi connectivity index (χ1n) is 5.52. The molecular weight excluding hydrogens is 206 g/mol. The second kappa shape index (κ2) is 7.96. The van der Waals surface area contributed by atoms with E-state index in [0.29, 0.717) is 19.8 Å². The third-order valence-corrected chi connectivity index (χ3v) is 1.98. The summed E-state index contributed by atoms with van der Waals surface area (Å²) in [6.07, 6.45) is 0. The zero-order valence-corrected chi connectivity index (χ0v) is 9.61. The van der Waals surface area contributed by atoms with Gasteiger partial charge in [0, 0.05) is 12.2 Å². The maximum Gasteiger partial charge on any atom is 0.119 e. The molecule has 0 heterocycles. The quantitative estimate of drug-likeness (QED) is 0.658. The summed E-state index contributed by atoms with van der Waals surface area (Å²) in [6.45, 7) is 4.43. The monoisotopic (exact) mass is 225 g/mol. The van der Waals surface area contributed by atoms with Gasteiger partial charge in [0.05, 0.1) is 26.4 Å². The molecule has 1 aromatic carbocycles. The van der Waals surface area contributed by atoms with E-state index in [1.807, 2.05) is 31.2 Å². The zero-order chi connectivity index (χ0) is 11.6. The Morgan fingerprint density at radius 1 is 1.19 bits per heavy atom. The van der Waals surface area contributed by atoms with E-state index < -0.39 is 0 Å². The second-order valence-electron chi connectivity index (χ2n) is 3.22. The normalized spacial score (nSPS) is 10.1. The smallest absolute Gasteiger partial charge is 0.119 e. The molecule has 0 aliphatic carbocycles. The largest absolute Gasteiger partial charge is 0.494 e. The summed E-state index contributed by atoms with van der Waals surface area (Å²) in [7, 11) is 0. The number of benzene rings is 1. The minimum absolute atomic E-state index is 0.0725. The number of ether oxygens (including phenoxy) is 2. The van der Waals surface area contributed by atoms with E-state index >= 15 is 0 Å². The topological polar surface area (TPSA) is 50.7 Å². The van der Waals surface area contributed by atoms with Crippen LogP contribution in [-0.2, 0) is 4.74 Å². The molecule has 0 amide bonds. The van der Waals surface area contributed by atoms with E-state index in [9.17, 15) is 0 Å². The molecule has 4 heteroatoms. The highest BCUT2D eigenvalue weighted by molar-refractivity contribution is 5.46. The zero-order valence-electron chi connectivity index (χ0n) is 9.61. The summed E-state index contributed by atoms with van der Waals surface area (Å²) >= 11 is 0. The highest BCUT2D eigenvalue weighted by Gasteiger charge is 1.94. The van der Waals surface area contributed by atoms with E-state index in [2.05, 4.69) is 5.32 Å². The molecule has 0 fully saturated rings. The summed E-state index contributed by atoms with van der Waals surface area (Å²) in [6, 6.07) is 7.80. The van der Waals surface area contributed by atoms with Crippen molar-refractivity contribution < 1.29 is 14.6 Å². The molecule has 1 rings (SSSR count). The predicted octanol–water partition coefficient (Wildman–Crippen LogP) is 1.51. The molecule has 16 heavy (non-hydrogen) atoms. The Morgan fingerprint density at radius 3 is 2.56 bits per heavy atom. The highest BCUT2D eigenvalue weighted by atomic mass is 16.5. The van der Waals surface area contributed by atoms with Crippen LogP contribution in [0, 0.1) is 0 Å². The number of hydrogen-bond acceptors (Lipinski definition) is 4. The van der Waals surface area contributed by atoms with Crippen LogP contribution in [0.15, 0.2) is 24.3 Å². The highest BCUT2D eigenvalue weighted by Crippen LogP contribution is 2.15. The van der Waals surface area contributed by atoms with Crippen molar-refractivity contribution in [3.8, 4) is 5.75 Å². The summed E-state index contributed by atoms with van der Waals surface area (Å²) in [5, 5.41) is 11.7. The van der Waals surface area contributed by atoms with Crippen molar-refractivity contribution in [3.63, 3.8) is 0 Å². The Bertz CT molecular complexity index is 274. The van der Waals surface area contributed by atoms with Gasteiger partial charge in [-0.05, 0) is 31.2 Å². The van der Waals surface area contributed by atoms with E-state index in [1.165, 1.54) is 0 Å². The molecule has 1 aromatic rings. The standard InChI is InChI=1S/C12H19NO3/c1-2-16-12-5-3-11(4-6-12)13-7-9-15-10-8-14/h3-6,13-14H,2,7-10H2,1H3. The number of rotatable bonds is 8. The van der Waals surface area contributed by atoms with Crippen molar-refractivity contribution in [2.45, 2.75) is 6.92 Å². The number of aliphatic hydroxyl groups is 1. The molecule has 0 saturated carbocycles. The Labute approximate surface area is 96.2 Å². The molecule has 90 valence electrons. The molecule has 0 spiro atoms. The van der Waals surface area contributed by atoms with Gasteiger partial charge in [-0.3, -0.25) is 0 Å². The lowest BCUT2D eigenvalue weighted by atomic mass is 10.3. The van der Waals surface area contributed by atoms with Crippen molar-refractivity contribution in [2.75, 3.05) is 38.3 Å². The Balaban J connectivity index is 2.21. The van der Waals surface area contributed by atoms with Gasteiger partial charge in [-0.1, -0.05) is 0 Å². The maximum absolute atomic E-state index is 8.50. The van der Waals surface area contributed by atoms with Crippen LogP contribution in [0.2, 0.25) is 0 Å². The van der Waals surface area contributed by atoms with Crippen molar-refractivity contribution >= 4 is 5.69 Å². The van der Waals surface area contributed by atoms with Crippen LogP contribution in [0.25, 0.3) is 0 Å². The average molecular weight is 225 g/mol. The lowest BCUT2D eigenvalue weighted by Crippen LogP contribution is -2.11. The molecule has 2 N–H and O–H groups in total. The van der Waals surface area contributed by atoms with Crippen molar-refractivity contribution in [1.82, 2.24) is 0 Å². The number of anilines is 1. The predicted molar refractivity (Wildman–Crippen MR) is 64.0 cm³/mol. The van der Waals surface area contributed by atoms with Crippen LogP contribution < -0.4 is 10.1 Å². The molecule has 4 nitrogen and oxygen atoms in total. The molecule has 0 saturated heterocycles. The fourth-order valence-electron chi connectivity index (χ4n) is 1.27. The molecule has 0 aromatic heterocycles. The Hall–Kier alpha value is -1.26. The van der Waals surface area contributed by atoms with Gasteiger partial charge in [0.15, 0.2) is 0 Å². The van der Waals surface area contributed by atoms with E-state index in [1.54, 1.807) is 0 Å². The first-order chi connectivity index (χ1) is 7.86. The number of hydrogen-bond donors (Lipinski definition) is 2. The lowest BCUT2D eigenvalue weighted by Gasteiger charge is -2.08. The molecule has 0 aliphatic rings. The van der Waals surface area contributed by atoms with Crippen LogP contribution in [0.4, 0.5) is 5.69 Å². The summed E-state index contributed by atoms with van der Waals surface area (Å²) in [5.41, 5.74) is 1.04. The van der Waals surface area contributed by atoms with Gasteiger partial charge in [0.25, 0.3) is 0 Å². The van der Waals surface area contributed by atoms with Crippen LogP contribution in [0.5, 0.6) is 5.75 Å². The van der Waals surface area contributed by atoms with E-state index in [0.717, 1.165) is 18.0 Å². The fourth-order valence-corrected chi connectivity index (χ4v) is 1.27. The van der Waals surface area contributed by atoms with E-state index in [-0.39, 0.29) is 6.61 Å². The molecule has 0 radical (unpaired) electrons. The van der Waals surface area contributed by atoms with Gasteiger partial charge in [-0.2, -0.15) is 0 Å². The summed E-state index contributed by atoms with van der Waals surface area (Å²) < 4.78 is 10.5. The summed E-state index contributed by atoms with van der Waals surface area (Å²) in [4.78, 5) is 0. The van der Waals surface area contributed by atoms with Gasteiger partial charge in [0.1, 0.15) is 5.75 Å². The Kier molecular flexibility index (Phi) is 6.37. The minimum Gasteiger partial charge on any atom is -0.494 e. The first kappa shape index (κ1) is 12.8. The van der Waals surface area contributed by atoms with Gasteiger partial charge in [-0.15, -0.1) is 0 Å². The first-order valence-corrected chi connectivity index (χ1v) is 5.52. The van der Waals surface area contributed by atoms with Crippen LogP contribution in [0.1, 0.15) is 6.92 Å². The maximum atomic E-state index is 8.50. The minimum atomic E-state index is 0.0725. The SMILES string of the molecule is CCOc1ccc(NCCOCCO)cc1. The average Bonchev–Trinajstić information content (AvgIpc) is 2.31. The van der Waals surface area contributed by atoms with E-state index in [4.69, 9.17) is 14.6 Å². The third kappa shape index (κ3) is 5.00. The molecule has 0 atom stereocenters. The number of aliphatic hydroxyl groups excluding tert-OH is 1. The fraction of sp³-hybridized carbons (Fsp3) is 0.500. The molecule has 0 unspecified atom stereocenters. The second-order valence-corrected chi connectivity index (χ2v) is 3.22. The van der Waals surface area contributed by atoms with Crippen molar-refractivity contribution in [2.24, 2.45) is 0 Å². The lowest BCUT2D eigenvalue weighted by molar-refractivity contribution is 0.0992. The third-order valence-electron chi connectivity index (χ3n) is 1.98. The van der Waals surface area contributed by atoms with Crippen LogP contribution >= 0.6 is 0 Å². The number of nitrogens with one attached hydrogen (secondary N) is 1. The molecule has 0 aliphatic heterocycles. The Morgan fingerprint density at radius 2 is 1.94 bits per heavy atom. The molecule has 0 bridgehead atoms. The van der Waals surface area contributed by atoms with Gasteiger partial charge >= 0.3 is 0 Å². The van der Waals surface area contributed by atoms with Crippen molar-refractivity contribution in [1.29, 1.82) is 0 Å². The summed E-state index contributed by atoms with van der Waals surface area (Å²) in [5.74, 6) is 0.879. The van der Waals surface area contributed by atoms with Gasteiger partial charge < -0.3 is 19.9 Å². The van der Waals surface area contributed by atoms with Crippen LogP contribution in [0.3, 0.4) is 0 Å². The molecular formula is C12H19NO3. The van der Waals surface area contributed by atoms with Crippen LogP contribution in [-0.4, -0.2) is 38.1 Å².